The Morgan fingerprint density at radius 3 is 2.28 bits per heavy atom. The molecule has 3 rings (SSSR count). The molecule has 2 aromatic rings. The summed E-state index contributed by atoms with van der Waals surface area (Å²) in [5.41, 5.74) is 6.57. The van der Waals surface area contributed by atoms with Gasteiger partial charge in [0.2, 0.25) is 17.7 Å². The maximum atomic E-state index is 13.4. The van der Waals surface area contributed by atoms with Crippen molar-refractivity contribution in [2.24, 2.45) is 5.73 Å². The van der Waals surface area contributed by atoms with Crippen LogP contribution in [0.4, 0.5) is 0 Å². The molecule has 0 aliphatic carbocycles. The van der Waals surface area contributed by atoms with E-state index in [-0.39, 0.29) is 30.1 Å². The number of carbonyl (C=O) groups is 3. The maximum Gasteiger partial charge on any atom is 0.245 e. The summed E-state index contributed by atoms with van der Waals surface area (Å²) in [4.78, 5) is 41.2. The highest BCUT2D eigenvalue weighted by molar-refractivity contribution is 5.94. The molecule has 0 aromatic heterocycles. The topological polar surface area (TPSA) is 105 Å². The molecule has 8 heteroatoms. The highest BCUT2D eigenvalue weighted by atomic mass is 35.5. The summed E-state index contributed by atoms with van der Waals surface area (Å²) >= 11 is 0. The third kappa shape index (κ3) is 8.35. The maximum absolute atomic E-state index is 13.4. The second-order valence-electron chi connectivity index (χ2n) is 9.47. The molecule has 1 heterocycles. The highest BCUT2D eigenvalue weighted by Crippen LogP contribution is 2.22. The monoisotopic (exact) mass is 514 g/mol. The summed E-state index contributed by atoms with van der Waals surface area (Å²) in [6, 6.07) is 19.2. The van der Waals surface area contributed by atoms with Crippen molar-refractivity contribution in [3.8, 4) is 0 Å². The minimum absolute atomic E-state index is 0. The fourth-order valence-corrected chi connectivity index (χ4v) is 4.61. The normalized spacial score (nSPS) is 16.5. The average Bonchev–Trinajstić information content (AvgIpc) is 3.36. The lowest BCUT2D eigenvalue weighted by atomic mass is 9.91. The third-order valence-electron chi connectivity index (χ3n) is 6.54. The smallest absolute Gasteiger partial charge is 0.245 e. The predicted octanol–water partition coefficient (Wildman–Crippen LogP) is 3.00. The third-order valence-corrected chi connectivity index (χ3v) is 6.54. The SMILES string of the molecule is CC(Cc1ccccc1)(NC(=O)[C@@H]1CCCN1C(=O)CCCc1ccccc1)C(=O)NCCCN.Cl. The van der Waals surface area contributed by atoms with Gasteiger partial charge in [0.1, 0.15) is 11.6 Å². The van der Waals surface area contributed by atoms with Crippen LogP contribution in [0, 0.1) is 0 Å². The summed E-state index contributed by atoms with van der Waals surface area (Å²) in [6.07, 6.45) is 4.37. The quantitative estimate of drug-likeness (QED) is 0.379. The van der Waals surface area contributed by atoms with E-state index in [0.29, 0.717) is 45.3 Å². The van der Waals surface area contributed by atoms with Crippen molar-refractivity contribution in [2.45, 2.75) is 63.5 Å². The highest BCUT2D eigenvalue weighted by Gasteiger charge is 2.40. The average molecular weight is 515 g/mol. The lowest BCUT2D eigenvalue weighted by molar-refractivity contribution is -0.141. The van der Waals surface area contributed by atoms with Gasteiger partial charge in [0.05, 0.1) is 0 Å². The number of hydrogen-bond acceptors (Lipinski definition) is 4. The van der Waals surface area contributed by atoms with Crippen molar-refractivity contribution in [3.05, 3.63) is 71.8 Å². The van der Waals surface area contributed by atoms with Crippen molar-refractivity contribution in [1.29, 1.82) is 0 Å². The van der Waals surface area contributed by atoms with E-state index >= 15 is 0 Å². The first-order valence-electron chi connectivity index (χ1n) is 12.6. The molecule has 1 unspecified atom stereocenters. The summed E-state index contributed by atoms with van der Waals surface area (Å²) in [6.45, 7) is 3.24. The molecule has 1 aliphatic rings. The zero-order valence-corrected chi connectivity index (χ0v) is 21.9. The van der Waals surface area contributed by atoms with E-state index < -0.39 is 11.6 Å². The van der Waals surface area contributed by atoms with Gasteiger partial charge in [0.25, 0.3) is 0 Å². The van der Waals surface area contributed by atoms with Crippen LogP contribution in [-0.2, 0) is 27.2 Å². The molecule has 3 amide bonds. The van der Waals surface area contributed by atoms with Crippen LogP contribution in [0.1, 0.15) is 50.2 Å². The van der Waals surface area contributed by atoms with Gasteiger partial charge >= 0.3 is 0 Å². The van der Waals surface area contributed by atoms with E-state index in [1.807, 2.05) is 48.5 Å². The molecule has 4 N–H and O–H groups in total. The van der Waals surface area contributed by atoms with Crippen LogP contribution in [-0.4, -0.2) is 53.8 Å². The van der Waals surface area contributed by atoms with Crippen LogP contribution in [0.5, 0.6) is 0 Å². The summed E-state index contributed by atoms with van der Waals surface area (Å²) < 4.78 is 0. The number of likely N-dealkylation sites (tertiary alicyclic amines) is 1. The molecule has 2 aromatic carbocycles. The number of rotatable bonds is 12. The fourth-order valence-electron chi connectivity index (χ4n) is 4.61. The van der Waals surface area contributed by atoms with Crippen molar-refractivity contribution >= 4 is 30.1 Å². The molecule has 196 valence electrons. The molecular weight excluding hydrogens is 476 g/mol. The number of nitrogens with one attached hydrogen (secondary N) is 2. The second kappa shape index (κ2) is 14.6. The van der Waals surface area contributed by atoms with E-state index in [1.165, 1.54) is 5.56 Å². The number of amides is 3. The molecule has 1 aliphatic heterocycles. The van der Waals surface area contributed by atoms with Crippen molar-refractivity contribution in [2.75, 3.05) is 19.6 Å². The molecular formula is C28H39ClN4O3. The van der Waals surface area contributed by atoms with Gasteiger partial charge in [-0.15, -0.1) is 12.4 Å². The standard InChI is InChI=1S/C28H38N4O3.ClH/c1-28(27(35)30-19-10-18-29,21-23-13-6-3-7-14-23)31-26(34)24-16-9-20-32(24)25(33)17-8-15-22-11-4-2-5-12-22;/h2-7,11-14,24H,8-10,15-21,29H2,1H3,(H,30,35)(H,31,34);1H/t24-,28?;/m0./s1. The summed E-state index contributed by atoms with van der Waals surface area (Å²) in [5, 5.41) is 5.90. The van der Waals surface area contributed by atoms with Gasteiger partial charge in [-0.2, -0.15) is 0 Å². The molecule has 1 fully saturated rings. The van der Waals surface area contributed by atoms with E-state index in [2.05, 4.69) is 22.8 Å². The van der Waals surface area contributed by atoms with Crippen molar-refractivity contribution in [1.82, 2.24) is 15.5 Å². The van der Waals surface area contributed by atoms with Crippen LogP contribution in [0.3, 0.4) is 0 Å². The molecule has 0 spiro atoms. The molecule has 1 saturated heterocycles. The number of aryl methyl sites for hydroxylation is 1. The molecule has 2 atom stereocenters. The van der Waals surface area contributed by atoms with Crippen molar-refractivity contribution < 1.29 is 14.4 Å². The zero-order valence-electron chi connectivity index (χ0n) is 21.1. The lowest BCUT2D eigenvalue weighted by Crippen LogP contribution is -2.61. The molecule has 0 saturated carbocycles. The number of halogens is 1. The van der Waals surface area contributed by atoms with Gasteiger partial charge < -0.3 is 21.3 Å². The van der Waals surface area contributed by atoms with E-state index in [0.717, 1.165) is 24.8 Å². The van der Waals surface area contributed by atoms with Crippen LogP contribution in [0.15, 0.2) is 60.7 Å². The number of benzene rings is 2. The number of nitrogens with two attached hydrogens (primary N) is 1. The molecule has 36 heavy (non-hydrogen) atoms. The van der Waals surface area contributed by atoms with Gasteiger partial charge in [-0.1, -0.05) is 60.7 Å². The van der Waals surface area contributed by atoms with Gasteiger partial charge in [-0.25, -0.2) is 0 Å². The van der Waals surface area contributed by atoms with Crippen LogP contribution >= 0.6 is 12.4 Å². The Balaban J connectivity index is 0.00000456. The first-order valence-corrected chi connectivity index (χ1v) is 12.6. The van der Waals surface area contributed by atoms with Crippen LogP contribution in [0.2, 0.25) is 0 Å². The first-order chi connectivity index (χ1) is 16.9. The largest absolute Gasteiger partial charge is 0.354 e. The first kappa shape index (κ1) is 29.3. The summed E-state index contributed by atoms with van der Waals surface area (Å²) in [5.74, 6) is -0.524. The van der Waals surface area contributed by atoms with Gasteiger partial charge in [-0.3, -0.25) is 14.4 Å². The second-order valence-corrected chi connectivity index (χ2v) is 9.47. The molecule has 0 bridgehead atoms. The summed E-state index contributed by atoms with van der Waals surface area (Å²) in [7, 11) is 0. The Kier molecular flexibility index (Phi) is 11.9. The number of hydrogen-bond donors (Lipinski definition) is 3. The minimum atomic E-state index is -1.14. The van der Waals surface area contributed by atoms with Gasteiger partial charge in [-0.05, 0) is 56.7 Å². The number of carbonyl (C=O) groups excluding carboxylic acids is 3. The van der Waals surface area contributed by atoms with E-state index in [1.54, 1.807) is 11.8 Å². The van der Waals surface area contributed by atoms with Crippen molar-refractivity contribution in [3.63, 3.8) is 0 Å². The predicted molar refractivity (Wildman–Crippen MR) is 145 cm³/mol. The molecule has 7 nitrogen and oxygen atoms in total. The Morgan fingerprint density at radius 2 is 1.64 bits per heavy atom. The van der Waals surface area contributed by atoms with Crippen LogP contribution in [0.25, 0.3) is 0 Å². The Morgan fingerprint density at radius 1 is 1.00 bits per heavy atom. The fraction of sp³-hybridized carbons (Fsp3) is 0.464. The minimum Gasteiger partial charge on any atom is -0.354 e. The molecule has 0 radical (unpaired) electrons. The van der Waals surface area contributed by atoms with Gasteiger partial charge in [0.15, 0.2) is 0 Å². The lowest BCUT2D eigenvalue weighted by Gasteiger charge is -2.33. The van der Waals surface area contributed by atoms with Gasteiger partial charge in [0, 0.05) is 25.9 Å². The van der Waals surface area contributed by atoms with E-state index in [4.69, 9.17) is 5.73 Å². The Hall–Kier alpha value is -2.90. The van der Waals surface area contributed by atoms with E-state index in [9.17, 15) is 14.4 Å². The zero-order chi connectivity index (χ0) is 25.1. The number of nitrogens with zero attached hydrogens (tertiary/aromatic N) is 1. The Labute approximate surface area is 220 Å². The Bertz CT molecular complexity index is 973. The van der Waals surface area contributed by atoms with Crippen LogP contribution < -0.4 is 16.4 Å².